The van der Waals surface area contributed by atoms with Crippen LogP contribution in [0.15, 0.2) is 39.9 Å². The molecule has 0 bridgehead atoms. The number of carbonyl (C=O) groups is 2. The third-order valence-corrected chi connectivity index (χ3v) is 7.59. The minimum absolute atomic E-state index is 0.00185. The van der Waals surface area contributed by atoms with Crippen LogP contribution in [0.2, 0.25) is 0 Å². The van der Waals surface area contributed by atoms with E-state index in [0.29, 0.717) is 31.5 Å². The van der Waals surface area contributed by atoms with Crippen LogP contribution in [0.3, 0.4) is 0 Å². The Bertz CT molecular complexity index is 1010. The number of ether oxygens (including phenoxy) is 1. The summed E-state index contributed by atoms with van der Waals surface area (Å²) in [5.41, 5.74) is 0.934. The minimum atomic E-state index is -3.76. The lowest BCUT2D eigenvalue weighted by Crippen LogP contribution is -2.46. The van der Waals surface area contributed by atoms with Gasteiger partial charge in [0.15, 0.2) is 0 Å². The number of benzene rings is 1. The van der Waals surface area contributed by atoms with Crippen LogP contribution < -0.4 is 10.1 Å². The maximum absolute atomic E-state index is 13.0. The SMILES string of the molecule is COc1ccc(C(=O)N2CCC(NC(=O)c3ccsc3)CC2)cc1S(=O)(=O)N(C)C. The molecule has 1 aromatic heterocycles. The van der Waals surface area contributed by atoms with Crippen LogP contribution in [0.25, 0.3) is 0 Å². The summed E-state index contributed by atoms with van der Waals surface area (Å²) in [7, 11) is 0.488. The molecule has 1 aromatic carbocycles. The van der Waals surface area contributed by atoms with Crippen molar-refractivity contribution in [2.75, 3.05) is 34.3 Å². The highest BCUT2D eigenvalue weighted by atomic mass is 32.2. The molecule has 162 valence electrons. The average molecular weight is 452 g/mol. The predicted octanol–water partition coefficient (Wildman–Crippen LogP) is 2.04. The summed E-state index contributed by atoms with van der Waals surface area (Å²) in [6, 6.07) is 6.21. The second kappa shape index (κ2) is 9.15. The summed E-state index contributed by atoms with van der Waals surface area (Å²) >= 11 is 1.47. The van der Waals surface area contributed by atoms with E-state index in [1.165, 1.54) is 44.7 Å². The molecule has 10 heteroatoms. The highest BCUT2D eigenvalue weighted by molar-refractivity contribution is 7.89. The molecule has 2 amide bonds. The number of sulfonamides is 1. The molecule has 0 saturated carbocycles. The zero-order valence-electron chi connectivity index (χ0n) is 17.1. The van der Waals surface area contributed by atoms with Gasteiger partial charge in [0, 0.05) is 49.7 Å². The predicted molar refractivity (Wildman–Crippen MR) is 115 cm³/mol. The molecule has 1 saturated heterocycles. The van der Waals surface area contributed by atoms with Gasteiger partial charge in [0.25, 0.3) is 11.8 Å². The van der Waals surface area contributed by atoms with E-state index >= 15 is 0 Å². The Morgan fingerprint density at radius 2 is 1.87 bits per heavy atom. The van der Waals surface area contributed by atoms with Crippen LogP contribution in [0, 0.1) is 0 Å². The van der Waals surface area contributed by atoms with Gasteiger partial charge in [-0.05, 0) is 42.5 Å². The van der Waals surface area contributed by atoms with Gasteiger partial charge in [-0.25, -0.2) is 12.7 Å². The number of thiophene rings is 1. The van der Waals surface area contributed by atoms with Gasteiger partial charge in [0.05, 0.1) is 7.11 Å². The van der Waals surface area contributed by atoms with Gasteiger partial charge in [0.2, 0.25) is 10.0 Å². The number of amides is 2. The summed E-state index contributed by atoms with van der Waals surface area (Å²) in [5.74, 6) is -0.153. The molecule has 30 heavy (non-hydrogen) atoms. The van der Waals surface area contributed by atoms with Crippen molar-refractivity contribution < 1.29 is 22.7 Å². The lowest BCUT2D eigenvalue weighted by Gasteiger charge is -2.32. The molecule has 2 heterocycles. The summed E-state index contributed by atoms with van der Waals surface area (Å²) < 4.78 is 31.4. The molecule has 1 aliphatic heterocycles. The number of nitrogens with one attached hydrogen (secondary N) is 1. The smallest absolute Gasteiger partial charge is 0.253 e. The Kier molecular flexibility index (Phi) is 6.79. The van der Waals surface area contributed by atoms with E-state index in [1.54, 1.807) is 22.4 Å². The first-order chi connectivity index (χ1) is 14.2. The molecule has 0 spiro atoms. The molecular formula is C20H25N3O5S2. The fourth-order valence-corrected chi connectivity index (χ4v) is 4.99. The highest BCUT2D eigenvalue weighted by Crippen LogP contribution is 2.28. The third-order valence-electron chi connectivity index (χ3n) is 5.07. The van der Waals surface area contributed by atoms with Crippen molar-refractivity contribution in [1.82, 2.24) is 14.5 Å². The molecule has 8 nitrogen and oxygen atoms in total. The van der Waals surface area contributed by atoms with Gasteiger partial charge >= 0.3 is 0 Å². The first-order valence-electron chi connectivity index (χ1n) is 9.47. The topological polar surface area (TPSA) is 96.0 Å². The van der Waals surface area contributed by atoms with E-state index in [-0.39, 0.29) is 34.1 Å². The largest absolute Gasteiger partial charge is 0.495 e. The lowest BCUT2D eigenvalue weighted by atomic mass is 10.0. The summed E-state index contributed by atoms with van der Waals surface area (Å²) in [6.45, 7) is 0.963. The number of nitrogens with zero attached hydrogens (tertiary/aromatic N) is 2. The standard InChI is InChI=1S/C20H25N3O5S2/c1-22(2)30(26,27)18-12-14(4-5-17(18)28-3)20(25)23-9-6-16(7-10-23)21-19(24)15-8-11-29-13-15/h4-5,8,11-13,16H,6-7,9-10H2,1-3H3,(H,21,24). The molecule has 1 aliphatic rings. The van der Waals surface area contributed by atoms with Gasteiger partial charge in [-0.1, -0.05) is 0 Å². The Morgan fingerprint density at radius 1 is 1.17 bits per heavy atom. The van der Waals surface area contributed by atoms with Crippen molar-refractivity contribution in [1.29, 1.82) is 0 Å². The Hall–Kier alpha value is -2.43. The van der Waals surface area contributed by atoms with Crippen molar-refractivity contribution >= 4 is 33.2 Å². The maximum Gasteiger partial charge on any atom is 0.253 e. The molecule has 0 unspecified atom stereocenters. The van der Waals surface area contributed by atoms with Crippen LogP contribution in [0.5, 0.6) is 5.75 Å². The number of likely N-dealkylation sites (tertiary alicyclic amines) is 1. The van der Waals surface area contributed by atoms with E-state index in [4.69, 9.17) is 4.74 Å². The molecule has 2 aromatic rings. The monoisotopic (exact) mass is 451 g/mol. The minimum Gasteiger partial charge on any atom is -0.495 e. The second-order valence-electron chi connectivity index (χ2n) is 7.21. The highest BCUT2D eigenvalue weighted by Gasteiger charge is 2.28. The van der Waals surface area contributed by atoms with E-state index in [9.17, 15) is 18.0 Å². The number of hydrogen-bond donors (Lipinski definition) is 1. The number of hydrogen-bond acceptors (Lipinski definition) is 6. The van der Waals surface area contributed by atoms with E-state index in [0.717, 1.165) is 4.31 Å². The zero-order valence-corrected chi connectivity index (χ0v) is 18.8. The van der Waals surface area contributed by atoms with Gasteiger partial charge < -0.3 is 15.0 Å². The number of rotatable bonds is 6. The van der Waals surface area contributed by atoms with E-state index in [1.807, 2.05) is 5.38 Å². The van der Waals surface area contributed by atoms with Crippen LogP contribution in [0.4, 0.5) is 0 Å². The molecule has 1 fully saturated rings. The normalized spacial score (nSPS) is 15.3. The van der Waals surface area contributed by atoms with Crippen LogP contribution in [-0.4, -0.2) is 69.8 Å². The van der Waals surface area contributed by atoms with Crippen molar-refractivity contribution in [3.8, 4) is 5.75 Å². The van der Waals surface area contributed by atoms with Gasteiger partial charge in [0.1, 0.15) is 10.6 Å². The summed E-state index contributed by atoms with van der Waals surface area (Å²) in [4.78, 5) is 26.8. The number of methoxy groups -OCH3 is 1. The maximum atomic E-state index is 13.0. The Balaban J connectivity index is 1.68. The number of piperidine rings is 1. The molecule has 0 aliphatic carbocycles. The fraction of sp³-hybridized carbons (Fsp3) is 0.400. The quantitative estimate of drug-likeness (QED) is 0.725. The Morgan fingerprint density at radius 3 is 2.43 bits per heavy atom. The second-order valence-corrected chi connectivity index (χ2v) is 10.1. The molecule has 1 N–H and O–H groups in total. The molecule has 0 atom stereocenters. The first-order valence-corrected chi connectivity index (χ1v) is 11.8. The third kappa shape index (κ3) is 4.66. The summed E-state index contributed by atoms with van der Waals surface area (Å²) in [6.07, 6.45) is 1.28. The molecular weight excluding hydrogens is 426 g/mol. The van der Waals surface area contributed by atoms with Crippen molar-refractivity contribution in [3.63, 3.8) is 0 Å². The van der Waals surface area contributed by atoms with Crippen molar-refractivity contribution in [2.24, 2.45) is 0 Å². The Labute approximate surface area is 180 Å². The first kappa shape index (κ1) is 22.3. The summed E-state index contributed by atoms with van der Waals surface area (Å²) in [5, 5.41) is 6.67. The van der Waals surface area contributed by atoms with E-state index in [2.05, 4.69) is 5.32 Å². The average Bonchev–Trinajstić information content (AvgIpc) is 3.28. The van der Waals surface area contributed by atoms with E-state index < -0.39 is 10.0 Å². The van der Waals surface area contributed by atoms with Crippen molar-refractivity contribution in [2.45, 2.75) is 23.8 Å². The van der Waals surface area contributed by atoms with Crippen LogP contribution >= 0.6 is 11.3 Å². The number of carbonyl (C=O) groups excluding carboxylic acids is 2. The van der Waals surface area contributed by atoms with Crippen LogP contribution in [-0.2, 0) is 10.0 Å². The van der Waals surface area contributed by atoms with Gasteiger partial charge in [-0.2, -0.15) is 11.3 Å². The van der Waals surface area contributed by atoms with Crippen LogP contribution in [0.1, 0.15) is 33.6 Å². The van der Waals surface area contributed by atoms with Gasteiger partial charge in [-0.3, -0.25) is 9.59 Å². The molecule has 0 radical (unpaired) electrons. The lowest BCUT2D eigenvalue weighted by molar-refractivity contribution is 0.0698. The van der Waals surface area contributed by atoms with Gasteiger partial charge in [-0.15, -0.1) is 0 Å². The fourth-order valence-electron chi connectivity index (χ4n) is 3.28. The molecule has 3 rings (SSSR count). The zero-order chi connectivity index (χ0) is 21.9. The van der Waals surface area contributed by atoms with Crippen molar-refractivity contribution in [3.05, 3.63) is 46.2 Å².